The maximum absolute atomic E-state index is 9.01. The minimum atomic E-state index is 0.364. The molecular formula is C28H34N6O. The minimum Gasteiger partial charge on any atom is -0.457 e. The molecular weight excluding hydrogens is 436 g/mol. The zero-order valence-corrected chi connectivity index (χ0v) is 20.3. The summed E-state index contributed by atoms with van der Waals surface area (Å²) in [6.45, 7) is 2.29. The van der Waals surface area contributed by atoms with Crippen LogP contribution in [0.2, 0.25) is 0 Å². The molecule has 3 aromatic rings. The van der Waals surface area contributed by atoms with Crippen molar-refractivity contribution in [3.63, 3.8) is 0 Å². The number of hydrogen-bond acceptors (Lipinski definition) is 7. The standard InChI is InChI=1S/C28H34N6O/c1-30-26-24(25(29)20-7-9-23(10-8-20)35-22-5-3-2-4-6-22)27(33-19-32-26)34-21-11-13-28(14-12-21)15-17-31-18-16-28/h2-10,19,21,29,31H,11-18H2,1H3,(H2,30,32,33,34). The van der Waals surface area contributed by atoms with Gasteiger partial charge < -0.3 is 20.7 Å². The van der Waals surface area contributed by atoms with Crippen molar-refractivity contribution in [3.8, 4) is 11.5 Å². The van der Waals surface area contributed by atoms with Crippen molar-refractivity contribution >= 4 is 17.3 Å². The maximum Gasteiger partial charge on any atom is 0.141 e. The fourth-order valence-corrected chi connectivity index (χ4v) is 5.40. The van der Waals surface area contributed by atoms with Crippen LogP contribution in [0.4, 0.5) is 11.6 Å². The highest BCUT2D eigenvalue weighted by atomic mass is 16.5. The molecule has 35 heavy (non-hydrogen) atoms. The monoisotopic (exact) mass is 470 g/mol. The second kappa shape index (κ2) is 10.4. The van der Waals surface area contributed by atoms with Crippen LogP contribution < -0.4 is 20.7 Å². The summed E-state index contributed by atoms with van der Waals surface area (Å²) in [7, 11) is 1.83. The molecule has 182 valence electrons. The lowest BCUT2D eigenvalue weighted by Gasteiger charge is -2.43. The minimum absolute atomic E-state index is 0.364. The van der Waals surface area contributed by atoms with Crippen LogP contribution in [0.3, 0.4) is 0 Å². The summed E-state index contributed by atoms with van der Waals surface area (Å²) in [5, 5.41) is 19.3. The largest absolute Gasteiger partial charge is 0.457 e. The average Bonchev–Trinajstić information content (AvgIpc) is 2.91. The second-order valence-electron chi connectivity index (χ2n) is 9.68. The molecule has 0 amide bonds. The van der Waals surface area contributed by atoms with Gasteiger partial charge >= 0.3 is 0 Å². The summed E-state index contributed by atoms with van der Waals surface area (Å²) in [6.07, 6.45) is 8.93. The molecule has 0 bridgehead atoms. The normalized spacial score (nSPS) is 17.6. The first-order valence-electron chi connectivity index (χ1n) is 12.6. The van der Waals surface area contributed by atoms with Gasteiger partial charge in [0.15, 0.2) is 0 Å². The molecule has 1 aromatic heterocycles. The van der Waals surface area contributed by atoms with E-state index in [2.05, 4.69) is 25.9 Å². The van der Waals surface area contributed by atoms with Crippen LogP contribution in [0.5, 0.6) is 11.5 Å². The first-order chi connectivity index (χ1) is 17.2. The number of hydrogen-bond donors (Lipinski definition) is 4. The van der Waals surface area contributed by atoms with Crippen LogP contribution in [0.25, 0.3) is 0 Å². The SMILES string of the molecule is CNc1ncnc(NC2CCC3(CCNCC3)CC2)c1C(=N)c1ccc(Oc2ccccc2)cc1. The van der Waals surface area contributed by atoms with Gasteiger partial charge in [-0.3, -0.25) is 5.41 Å². The number of anilines is 2. The molecule has 1 aliphatic heterocycles. The Morgan fingerprint density at radius 1 is 0.914 bits per heavy atom. The molecule has 1 saturated heterocycles. The number of nitrogens with zero attached hydrogens (tertiary/aromatic N) is 2. The van der Waals surface area contributed by atoms with Crippen molar-refractivity contribution in [3.05, 3.63) is 72.1 Å². The zero-order chi connectivity index (χ0) is 24.1. The van der Waals surface area contributed by atoms with Crippen LogP contribution >= 0.6 is 0 Å². The van der Waals surface area contributed by atoms with Crippen LogP contribution in [-0.4, -0.2) is 41.9 Å². The Hall–Kier alpha value is -3.45. The van der Waals surface area contributed by atoms with Gasteiger partial charge in [-0.05, 0) is 93.4 Å². The van der Waals surface area contributed by atoms with E-state index in [9.17, 15) is 0 Å². The summed E-state index contributed by atoms with van der Waals surface area (Å²) in [5.74, 6) is 2.90. The third-order valence-electron chi connectivity index (χ3n) is 7.51. The Kier molecular flexibility index (Phi) is 6.95. The molecule has 0 atom stereocenters. The first-order valence-corrected chi connectivity index (χ1v) is 12.6. The molecule has 2 heterocycles. The Balaban J connectivity index is 1.31. The highest BCUT2D eigenvalue weighted by Gasteiger charge is 2.36. The van der Waals surface area contributed by atoms with Gasteiger partial charge in [0.25, 0.3) is 0 Å². The number of rotatable bonds is 7. The summed E-state index contributed by atoms with van der Waals surface area (Å²) < 4.78 is 5.91. The van der Waals surface area contributed by atoms with Crippen molar-refractivity contribution in [2.45, 2.75) is 44.6 Å². The van der Waals surface area contributed by atoms with Crippen molar-refractivity contribution in [1.82, 2.24) is 15.3 Å². The molecule has 1 spiro atoms. The fraction of sp³-hybridized carbons (Fsp3) is 0.393. The molecule has 0 unspecified atom stereocenters. The molecule has 5 rings (SSSR count). The van der Waals surface area contributed by atoms with E-state index in [4.69, 9.17) is 10.1 Å². The van der Waals surface area contributed by atoms with E-state index >= 15 is 0 Å². The molecule has 4 N–H and O–H groups in total. The quantitative estimate of drug-likeness (QED) is 0.343. The first kappa shape index (κ1) is 23.3. The van der Waals surface area contributed by atoms with E-state index in [-0.39, 0.29) is 0 Å². The average molecular weight is 471 g/mol. The van der Waals surface area contributed by atoms with Crippen molar-refractivity contribution < 1.29 is 4.74 Å². The van der Waals surface area contributed by atoms with Crippen molar-refractivity contribution in [2.24, 2.45) is 5.41 Å². The van der Waals surface area contributed by atoms with Gasteiger partial charge in [-0.2, -0.15) is 0 Å². The third kappa shape index (κ3) is 5.30. The van der Waals surface area contributed by atoms with Gasteiger partial charge in [0.1, 0.15) is 29.5 Å². The van der Waals surface area contributed by atoms with Crippen LogP contribution in [0, 0.1) is 10.8 Å². The Morgan fingerprint density at radius 3 is 2.26 bits per heavy atom. The predicted molar refractivity (Wildman–Crippen MR) is 141 cm³/mol. The van der Waals surface area contributed by atoms with Crippen molar-refractivity contribution in [2.75, 3.05) is 30.8 Å². The van der Waals surface area contributed by atoms with E-state index in [1.54, 1.807) is 6.33 Å². The highest BCUT2D eigenvalue weighted by Crippen LogP contribution is 2.44. The topological polar surface area (TPSA) is 95.0 Å². The van der Waals surface area contributed by atoms with Crippen LogP contribution in [0.1, 0.15) is 49.7 Å². The molecule has 2 fully saturated rings. The number of ether oxygens (including phenoxy) is 1. The van der Waals surface area contributed by atoms with Gasteiger partial charge in [0, 0.05) is 18.7 Å². The lowest BCUT2D eigenvalue weighted by Crippen LogP contribution is -2.41. The fourth-order valence-electron chi connectivity index (χ4n) is 5.40. The lowest BCUT2D eigenvalue weighted by molar-refractivity contribution is 0.128. The molecule has 0 radical (unpaired) electrons. The van der Waals surface area contributed by atoms with Gasteiger partial charge in [-0.1, -0.05) is 18.2 Å². The third-order valence-corrected chi connectivity index (χ3v) is 7.51. The summed E-state index contributed by atoms with van der Waals surface area (Å²) in [4.78, 5) is 8.97. The number of benzene rings is 2. The molecule has 7 nitrogen and oxygen atoms in total. The Morgan fingerprint density at radius 2 is 1.57 bits per heavy atom. The van der Waals surface area contributed by atoms with E-state index in [0.717, 1.165) is 48.8 Å². The number of aromatic nitrogens is 2. The Bertz CT molecular complexity index is 1130. The predicted octanol–water partition coefficient (Wildman–Crippen LogP) is 5.45. The second-order valence-corrected chi connectivity index (χ2v) is 9.68. The highest BCUT2D eigenvalue weighted by molar-refractivity contribution is 6.16. The molecule has 7 heteroatoms. The molecule has 1 saturated carbocycles. The maximum atomic E-state index is 9.01. The van der Waals surface area contributed by atoms with E-state index < -0.39 is 0 Å². The summed E-state index contributed by atoms with van der Waals surface area (Å²) in [6, 6.07) is 17.7. The number of para-hydroxylation sites is 1. The molecule has 1 aliphatic carbocycles. The van der Waals surface area contributed by atoms with Gasteiger partial charge in [-0.25, -0.2) is 9.97 Å². The van der Waals surface area contributed by atoms with Crippen LogP contribution in [0.15, 0.2) is 60.9 Å². The Labute approximate surface area is 207 Å². The summed E-state index contributed by atoms with van der Waals surface area (Å²) >= 11 is 0. The van der Waals surface area contributed by atoms with Crippen molar-refractivity contribution in [1.29, 1.82) is 5.41 Å². The van der Waals surface area contributed by atoms with Crippen LogP contribution in [-0.2, 0) is 0 Å². The summed E-state index contributed by atoms with van der Waals surface area (Å²) in [5.41, 5.74) is 2.39. The van der Waals surface area contributed by atoms with E-state index in [1.807, 2.05) is 61.6 Å². The molecule has 2 aliphatic rings. The lowest BCUT2D eigenvalue weighted by atomic mass is 9.67. The van der Waals surface area contributed by atoms with Gasteiger partial charge in [0.05, 0.1) is 11.3 Å². The van der Waals surface area contributed by atoms with Gasteiger partial charge in [-0.15, -0.1) is 0 Å². The number of nitrogens with one attached hydrogen (secondary N) is 4. The smallest absolute Gasteiger partial charge is 0.141 e. The molecule has 2 aromatic carbocycles. The number of piperidine rings is 1. The van der Waals surface area contributed by atoms with E-state index in [1.165, 1.54) is 25.7 Å². The van der Waals surface area contributed by atoms with E-state index in [0.29, 0.717) is 28.5 Å². The zero-order valence-electron chi connectivity index (χ0n) is 20.3. The van der Waals surface area contributed by atoms with Gasteiger partial charge in [0.2, 0.25) is 0 Å².